The average Bonchev–Trinajstić information content (AvgIpc) is 2.75. The Morgan fingerprint density at radius 1 is 1.23 bits per heavy atom. The van der Waals surface area contributed by atoms with E-state index in [1.807, 2.05) is 19.1 Å². The summed E-state index contributed by atoms with van der Waals surface area (Å²) in [5, 5.41) is 19.2. The van der Waals surface area contributed by atoms with Crippen molar-refractivity contribution in [1.29, 1.82) is 0 Å². The summed E-state index contributed by atoms with van der Waals surface area (Å²) in [5.74, 6) is -0.872. The number of carbonyl (C=O) groups excluding carboxylic acids is 1. The SMILES string of the molecule is CC/C=C\C=C1\C(=O)C=C[C@]1(O)CCCCCCCC(=O)O. The summed E-state index contributed by atoms with van der Waals surface area (Å²) < 4.78 is 0. The predicted octanol–water partition coefficient (Wildman–Crippen LogP) is 3.56. The quantitative estimate of drug-likeness (QED) is 0.478. The van der Waals surface area contributed by atoms with E-state index in [4.69, 9.17) is 5.11 Å². The third-order valence-corrected chi connectivity index (χ3v) is 3.83. The first kappa shape index (κ1) is 18.4. The second-order valence-corrected chi connectivity index (χ2v) is 5.70. The molecule has 0 amide bonds. The van der Waals surface area contributed by atoms with Crippen molar-refractivity contribution in [3.05, 3.63) is 36.0 Å². The minimum absolute atomic E-state index is 0.121. The molecule has 0 saturated heterocycles. The van der Waals surface area contributed by atoms with Crippen LogP contribution in [-0.2, 0) is 9.59 Å². The van der Waals surface area contributed by atoms with Gasteiger partial charge in [0.1, 0.15) is 5.60 Å². The van der Waals surface area contributed by atoms with Crippen molar-refractivity contribution in [2.75, 3.05) is 0 Å². The second kappa shape index (κ2) is 9.36. The monoisotopic (exact) mass is 306 g/mol. The smallest absolute Gasteiger partial charge is 0.303 e. The Bertz CT molecular complexity index is 473. The van der Waals surface area contributed by atoms with Crippen LogP contribution in [0.2, 0.25) is 0 Å². The van der Waals surface area contributed by atoms with Crippen LogP contribution in [0.25, 0.3) is 0 Å². The molecular weight excluding hydrogens is 280 g/mol. The summed E-state index contributed by atoms with van der Waals surface area (Å²) in [5.41, 5.74) is -0.695. The van der Waals surface area contributed by atoms with Gasteiger partial charge >= 0.3 is 5.97 Å². The molecule has 0 aliphatic heterocycles. The molecule has 0 aromatic carbocycles. The molecule has 4 heteroatoms. The summed E-state index contributed by atoms with van der Waals surface area (Å²) in [7, 11) is 0. The Labute approximate surface area is 132 Å². The number of aliphatic carboxylic acids is 1. The van der Waals surface area contributed by atoms with Crippen LogP contribution in [0.1, 0.15) is 58.3 Å². The molecule has 0 aromatic rings. The van der Waals surface area contributed by atoms with Gasteiger partial charge in [-0.3, -0.25) is 9.59 Å². The first-order valence-electron chi connectivity index (χ1n) is 8.04. The summed E-state index contributed by atoms with van der Waals surface area (Å²) in [6.45, 7) is 2.01. The van der Waals surface area contributed by atoms with Crippen LogP contribution in [0.5, 0.6) is 0 Å². The fraction of sp³-hybridized carbons (Fsp3) is 0.556. The first-order chi connectivity index (χ1) is 10.5. The van der Waals surface area contributed by atoms with Crippen molar-refractivity contribution in [3.8, 4) is 0 Å². The molecule has 122 valence electrons. The molecule has 22 heavy (non-hydrogen) atoms. The van der Waals surface area contributed by atoms with Crippen LogP contribution in [0.3, 0.4) is 0 Å². The number of carbonyl (C=O) groups is 2. The van der Waals surface area contributed by atoms with Crippen LogP contribution in [0.15, 0.2) is 36.0 Å². The molecule has 0 aromatic heterocycles. The van der Waals surface area contributed by atoms with Crippen LogP contribution in [0.4, 0.5) is 0 Å². The number of hydrogen-bond acceptors (Lipinski definition) is 3. The molecule has 1 atom stereocenters. The van der Waals surface area contributed by atoms with Crippen molar-refractivity contribution < 1.29 is 19.8 Å². The van der Waals surface area contributed by atoms with Crippen LogP contribution in [-0.4, -0.2) is 27.6 Å². The molecule has 1 aliphatic rings. The van der Waals surface area contributed by atoms with Gasteiger partial charge in [0.2, 0.25) is 0 Å². The molecular formula is C18H26O4. The van der Waals surface area contributed by atoms with Gasteiger partial charge in [0.15, 0.2) is 5.78 Å². The number of rotatable bonds is 10. The molecule has 0 bridgehead atoms. The molecule has 1 rings (SSSR count). The van der Waals surface area contributed by atoms with Gasteiger partial charge in [-0.05, 0) is 37.8 Å². The van der Waals surface area contributed by atoms with Gasteiger partial charge in [0, 0.05) is 12.0 Å². The van der Waals surface area contributed by atoms with Crippen molar-refractivity contribution in [2.45, 2.75) is 63.9 Å². The molecule has 0 unspecified atom stereocenters. The highest BCUT2D eigenvalue weighted by Gasteiger charge is 2.36. The Morgan fingerprint density at radius 2 is 1.91 bits per heavy atom. The van der Waals surface area contributed by atoms with E-state index in [9.17, 15) is 14.7 Å². The Kier molecular flexibility index (Phi) is 7.82. The van der Waals surface area contributed by atoms with Gasteiger partial charge < -0.3 is 10.2 Å². The number of aliphatic hydroxyl groups is 1. The topological polar surface area (TPSA) is 74.6 Å². The summed E-state index contributed by atoms with van der Waals surface area (Å²) in [4.78, 5) is 22.2. The third-order valence-electron chi connectivity index (χ3n) is 3.83. The van der Waals surface area contributed by atoms with E-state index in [0.717, 1.165) is 32.1 Å². The van der Waals surface area contributed by atoms with Crippen molar-refractivity contribution in [1.82, 2.24) is 0 Å². The molecule has 0 radical (unpaired) electrons. The van der Waals surface area contributed by atoms with Gasteiger partial charge in [-0.25, -0.2) is 0 Å². The zero-order valence-corrected chi connectivity index (χ0v) is 13.3. The number of hydrogen-bond donors (Lipinski definition) is 2. The maximum Gasteiger partial charge on any atom is 0.303 e. The lowest BCUT2D eigenvalue weighted by atomic mass is 9.90. The lowest BCUT2D eigenvalue weighted by Gasteiger charge is -2.22. The van der Waals surface area contributed by atoms with Crippen molar-refractivity contribution in [2.24, 2.45) is 0 Å². The lowest BCUT2D eigenvalue weighted by molar-refractivity contribution is -0.137. The highest BCUT2D eigenvalue weighted by atomic mass is 16.4. The third kappa shape index (κ3) is 5.98. The zero-order valence-electron chi connectivity index (χ0n) is 13.3. The molecule has 0 spiro atoms. The maximum atomic E-state index is 11.8. The van der Waals surface area contributed by atoms with Crippen LogP contribution in [0, 0.1) is 0 Å². The molecule has 1 aliphatic carbocycles. The minimum atomic E-state index is -1.14. The van der Waals surface area contributed by atoms with E-state index < -0.39 is 11.6 Å². The lowest BCUT2D eigenvalue weighted by Crippen LogP contribution is -2.27. The van der Waals surface area contributed by atoms with E-state index >= 15 is 0 Å². The van der Waals surface area contributed by atoms with Gasteiger partial charge in [-0.1, -0.05) is 44.4 Å². The van der Waals surface area contributed by atoms with E-state index in [1.54, 1.807) is 12.2 Å². The summed E-state index contributed by atoms with van der Waals surface area (Å²) in [6.07, 6.45) is 14.4. The highest BCUT2D eigenvalue weighted by molar-refractivity contribution is 6.09. The highest BCUT2D eigenvalue weighted by Crippen LogP contribution is 2.31. The first-order valence-corrected chi connectivity index (χ1v) is 8.04. The molecule has 4 nitrogen and oxygen atoms in total. The van der Waals surface area contributed by atoms with Gasteiger partial charge in [0.25, 0.3) is 0 Å². The van der Waals surface area contributed by atoms with Crippen LogP contribution < -0.4 is 0 Å². The zero-order chi connectivity index (χ0) is 16.4. The molecule has 2 N–H and O–H groups in total. The number of unbranched alkanes of at least 4 members (excludes halogenated alkanes) is 4. The van der Waals surface area contributed by atoms with E-state index in [1.165, 1.54) is 6.08 Å². The summed E-state index contributed by atoms with van der Waals surface area (Å²) in [6, 6.07) is 0. The van der Waals surface area contributed by atoms with Gasteiger partial charge in [0.05, 0.1) is 0 Å². The average molecular weight is 306 g/mol. The number of ketones is 1. The fourth-order valence-corrected chi connectivity index (χ4v) is 2.55. The Balaban J connectivity index is 2.37. The Hall–Kier alpha value is -1.68. The van der Waals surface area contributed by atoms with Gasteiger partial charge in [-0.15, -0.1) is 0 Å². The second-order valence-electron chi connectivity index (χ2n) is 5.70. The van der Waals surface area contributed by atoms with Crippen molar-refractivity contribution in [3.63, 3.8) is 0 Å². The Morgan fingerprint density at radius 3 is 2.59 bits per heavy atom. The largest absolute Gasteiger partial charge is 0.481 e. The van der Waals surface area contributed by atoms with Crippen molar-refractivity contribution >= 4 is 11.8 Å². The maximum absolute atomic E-state index is 11.8. The predicted molar refractivity (Wildman–Crippen MR) is 86.6 cm³/mol. The standard InChI is InChI=1S/C18H26O4/c1-2-3-7-10-15-16(19)12-14-18(15,22)13-9-6-4-5-8-11-17(20)21/h3,7,10,12,14,22H,2,4-6,8-9,11,13H2,1H3,(H,20,21)/b7-3-,15-10-/t18-/m1/s1. The molecule has 0 fully saturated rings. The minimum Gasteiger partial charge on any atom is -0.481 e. The fourth-order valence-electron chi connectivity index (χ4n) is 2.55. The van der Waals surface area contributed by atoms with E-state index in [2.05, 4.69) is 0 Å². The van der Waals surface area contributed by atoms with E-state index in [-0.39, 0.29) is 12.2 Å². The number of allylic oxidation sites excluding steroid dienone is 4. The normalized spacial score (nSPS) is 23.0. The molecule has 0 heterocycles. The van der Waals surface area contributed by atoms with E-state index in [0.29, 0.717) is 18.4 Å². The molecule has 0 saturated carbocycles. The van der Waals surface area contributed by atoms with Crippen LogP contribution >= 0.6 is 0 Å². The summed E-state index contributed by atoms with van der Waals surface area (Å²) >= 11 is 0. The number of carboxylic acid groups (broad SMARTS) is 1. The number of carboxylic acids is 1. The van der Waals surface area contributed by atoms with Gasteiger partial charge in [-0.2, -0.15) is 0 Å².